The number of rotatable bonds is 9. The fourth-order valence-electron chi connectivity index (χ4n) is 2.85. The number of hydrogen-bond acceptors (Lipinski definition) is 6. The van der Waals surface area contributed by atoms with Crippen LogP contribution in [0.5, 0.6) is 11.5 Å². The second-order valence-electron chi connectivity index (χ2n) is 6.24. The van der Waals surface area contributed by atoms with Gasteiger partial charge in [0, 0.05) is 17.9 Å². The van der Waals surface area contributed by atoms with Crippen LogP contribution in [0, 0.1) is 0 Å². The average molecular weight is 439 g/mol. The van der Waals surface area contributed by atoms with Crippen LogP contribution in [0.25, 0.3) is 0 Å². The van der Waals surface area contributed by atoms with Crippen molar-refractivity contribution in [1.82, 2.24) is 4.72 Å². The number of methoxy groups -OCH3 is 2. The number of ether oxygens (including phenoxy) is 2. The summed E-state index contributed by atoms with van der Waals surface area (Å²) in [6.45, 7) is 3.27. The van der Waals surface area contributed by atoms with Gasteiger partial charge in [-0.2, -0.15) is 0 Å². The van der Waals surface area contributed by atoms with Crippen molar-refractivity contribution in [3.8, 4) is 11.5 Å². The summed E-state index contributed by atoms with van der Waals surface area (Å²) in [6.07, 6.45) is 2.40. The van der Waals surface area contributed by atoms with Gasteiger partial charge in [-0.05, 0) is 48.6 Å². The number of carbonyl (C=O) groups excluding carboxylic acids is 1. The summed E-state index contributed by atoms with van der Waals surface area (Å²) in [7, 11) is -0.745. The van der Waals surface area contributed by atoms with Gasteiger partial charge in [0.05, 0.1) is 24.8 Å². The number of nitrogens with one attached hydrogen (secondary N) is 2. The fraction of sp³-hybridized carbons (Fsp3) is 0.350. The number of carbonyl (C=O) groups is 1. The molecule has 2 aromatic rings. The van der Waals surface area contributed by atoms with Gasteiger partial charge in [-0.15, -0.1) is 11.8 Å². The molecule has 0 spiro atoms. The number of amides is 1. The van der Waals surface area contributed by atoms with Gasteiger partial charge in [-0.25, -0.2) is 13.1 Å². The van der Waals surface area contributed by atoms with Crippen LogP contribution in [-0.2, 0) is 14.8 Å². The van der Waals surface area contributed by atoms with Gasteiger partial charge in [0.15, 0.2) is 11.5 Å². The van der Waals surface area contributed by atoms with Gasteiger partial charge < -0.3 is 14.8 Å². The van der Waals surface area contributed by atoms with E-state index in [2.05, 4.69) is 10.0 Å². The lowest BCUT2D eigenvalue weighted by Crippen LogP contribution is -2.28. The van der Waals surface area contributed by atoms with E-state index in [1.54, 1.807) is 31.4 Å². The maximum Gasteiger partial charge on any atom is 0.241 e. The highest BCUT2D eigenvalue weighted by Crippen LogP contribution is 2.32. The zero-order valence-electron chi connectivity index (χ0n) is 17.1. The summed E-state index contributed by atoms with van der Waals surface area (Å²) in [5.41, 5.74) is 1.23. The molecule has 9 heteroatoms. The molecule has 158 valence electrons. The molecule has 1 atom stereocenters. The first-order chi connectivity index (χ1) is 13.7. The van der Waals surface area contributed by atoms with Crippen molar-refractivity contribution >= 4 is 33.4 Å². The summed E-state index contributed by atoms with van der Waals surface area (Å²) in [6, 6.07) is 9.53. The molecule has 0 aliphatic heterocycles. The van der Waals surface area contributed by atoms with Crippen LogP contribution in [0.3, 0.4) is 0 Å². The summed E-state index contributed by atoms with van der Waals surface area (Å²) in [5, 5.41) is 2.68. The maximum atomic E-state index is 13.0. The Morgan fingerprint density at radius 2 is 1.79 bits per heavy atom. The van der Waals surface area contributed by atoms with E-state index in [-0.39, 0.29) is 10.8 Å². The van der Waals surface area contributed by atoms with Crippen LogP contribution < -0.4 is 19.5 Å². The van der Waals surface area contributed by atoms with Gasteiger partial charge in [-0.1, -0.05) is 13.0 Å². The molecule has 7 nitrogen and oxygen atoms in total. The fourth-order valence-corrected chi connectivity index (χ4v) is 4.72. The van der Waals surface area contributed by atoms with Crippen LogP contribution in [0.2, 0.25) is 0 Å². The molecule has 0 aliphatic carbocycles. The van der Waals surface area contributed by atoms with E-state index in [1.807, 2.05) is 13.2 Å². The first-order valence-electron chi connectivity index (χ1n) is 8.95. The topological polar surface area (TPSA) is 93.7 Å². The molecule has 29 heavy (non-hydrogen) atoms. The van der Waals surface area contributed by atoms with Crippen molar-refractivity contribution in [2.45, 2.75) is 36.1 Å². The minimum Gasteiger partial charge on any atom is -0.493 e. The lowest BCUT2D eigenvalue weighted by atomic mass is 10.1. The summed E-state index contributed by atoms with van der Waals surface area (Å²) in [5.74, 6) is 0.834. The van der Waals surface area contributed by atoms with Crippen molar-refractivity contribution in [3.05, 3.63) is 42.0 Å². The minimum absolute atomic E-state index is 0.0815. The van der Waals surface area contributed by atoms with Crippen molar-refractivity contribution in [1.29, 1.82) is 0 Å². The Morgan fingerprint density at radius 1 is 1.10 bits per heavy atom. The van der Waals surface area contributed by atoms with Gasteiger partial charge in [-0.3, -0.25) is 4.79 Å². The van der Waals surface area contributed by atoms with Crippen molar-refractivity contribution < 1.29 is 22.7 Å². The molecule has 0 bridgehead atoms. The van der Waals surface area contributed by atoms with Crippen LogP contribution in [-0.4, -0.2) is 34.8 Å². The van der Waals surface area contributed by atoms with Crippen molar-refractivity contribution in [2.75, 3.05) is 25.8 Å². The monoisotopic (exact) mass is 438 g/mol. The molecule has 0 saturated heterocycles. The van der Waals surface area contributed by atoms with Crippen molar-refractivity contribution in [2.24, 2.45) is 0 Å². The smallest absolute Gasteiger partial charge is 0.241 e. The summed E-state index contributed by atoms with van der Waals surface area (Å²) in [4.78, 5) is 12.3. The number of anilines is 1. The number of thioether (sulfide) groups is 1. The van der Waals surface area contributed by atoms with E-state index < -0.39 is 16.1 Å². The standard InChI is InChI=1S/C20H26N2O5S2/c1-6-16(14-7-9-18(26-3)19(11-14)27-4)22-29(24,25)15-8-10-20(28-5)17(12-15)21-13(2)23/h7-12,16,22H,6H2,1-5H3,(H,21,23). The first kappa shape index (κ1) is 23.1. The van der Waals surface area contributed by atoms with Gasteiger partial charge in [0.1, 0.15) is 0 Å². The second kappa shape index (κ2) is 10.00. The molecule has 2 N–H and O–H groups in total. The third kappa shape index (κ3) is 5.65. The lowest BCUT2D eigenvalue weighted by Gasteiger charge is -2.20. The highest BCUT2D eigenvalue weighted by atomic mass is 32.2. The Labute approximate surface area is 176 Å². The predicted octanol–water partition coefficient (Wildman–Crippen LogP) is 3.81. The van der Waals surface area contributed by atoms with E-state index in [0.29, 0.717) is 23.6 Å². The van der Waals surface area contributed by atoms with Gasteiger partial charge in [0.25, 0.3) is 0 Å². The second-order valence-corrected chi connectivity index (χ2v) is 8.80. The maximum absolute atomic E-state index is 13.0. The molecule has 0 aromatic heterocycles. The van der Waals surface area contributed by atoms with E-state index >= 15 is 0 Å². The van der Waals surface area contributed by atoms with Crippen LogP contribution in [0.15, 0.2) is 46.2 Å². The van der Waals surface area contributed by atoms with E-state index in [4.69, 9.17) is 9.47 Å². The lowest BCUT2D eigenvalue weighted by molar-refractivity contribution is -0.114. The molecule has 2 rings (SSSR count). The normalized spacial score (nSPS) is 12.3. The number of benzene rings is 2. The molecule has 1 amide bonds. The van der Waals surface area contributed by atoms with Crippen LogP contribution in [0.4, 0.5) is 5.69 Å². The molecule has 0 aliphatic rings. The highest BCUT2D eigenvalue weighted by molar-refractivity contribution is 7.98. The zero-order chi connectivity index (χ0) is 21.6. The third-order valence-corrected chi connectivity index (χ3v) is 6.57. The van der Waals surface area contributed by atoms with Gasteiger partial charge in [0.2, 0.25) is 15.9 Å². The largest absolute Gasteiger partial charge is 0.493 e. The third-order valence-electron chi connectivity index (χ3n) is 4.31. The SMILES string of the molecule is CCC(NS(=O)(=O)c1ccc(SC)c(NC(C)=O)c1)c1ccc(OC)c(OC)c1. The Morgan fingerprint density at radius 3 is 2.34 bits per heavy atom. The first-order valence-corrected chi connectivity index (χ1v) is 11.7. The minimum atomic E-state index is -3.82. The summed E-state index contributed by atoms with van der Waals surface area (Å²) >= 11 is 1.42. The Kier molecular flexibility index (Phi) is 7.95. The predicted molar refractivity (Wildman–Crippen MR) is 115 cm³/mol. The Bertz CT molecular complexity index is 977. The molecule has 0 radical (unpaired) electrons. The van der Waals surface area contributed by atoms with E-state index in [1.165, 1.54) is 37.9 Å². The van der Waals surface area contributed by atoms with Crippen LogP contribution >= 0.6 is 11.8 Å². The molecule has 1 unspecified atom stereocenters. The number of sulfonamides is 1. The van der Waals surface area contributed by atoms with Crippen molar-refractivity contribution in [3.63, 3.8) is 0 Å². The molecule has 0 saturated carbocycles. The van der Waals surface area contributed by atoms with Gasteiger partial charge >= 0.3 is 0 Å². The molecule has 0 heterocycles. The van der Waals surface area contributed by atoms with Crippen LogP contribution in [0.1, 0.15) is 31.9 Å². The summed E-state index contributed by atoms with van der Waals surface area (Å²) < 4.78 is 39.3. The highest BCUT2D eigenvalue weighted by Gasteiger charge is 2.22. The molecule has 0 fully saturated rings. The zero-order valence-corrected chi connectivity index (χ0v) is 18.7. The molecular formula is C20H26N2O5S2. The Hall–Kier alpha value is -2.23. The Balaban J connectivity index is 2.37. The van der Waals surface area contributed by atoms with E-state index in [9.17, 15) is 13.2 Å². The van der Waals surface area contributed by atoms with E-state index in [0.717, 1.165) is 10.5 Å². The average Bonchev–Trinajstić information content (AvgIpc) is 2.71. The molecular weight excluding hydrogens is 412 g/mol. The number of hydrogen-bond donors (Lipinski definition) is 2. The quantitative estimate of drug-likeness (QED) is 0.578. The molecule has 2 aromatic carbocycles.